The zero-order chi connectivity index (χ0) is 51.1. The number of fused-ring (bicyclic) bond motifs is 2. The second-order valence-corrected chi connectivity index (χ2v) is 20.1. The van der Waals surface area contributed by atoms with Crippen LogP contribution in [0.25, 0.3) is 44.1 Å². The average Bonchev–Trinajstić information content (AvgIpc) is 4.07. The zero-order valence-corrected chi connectivity index (χ0v) is 43.6. The van der Waals surface area contributed by atoms with Crippen LogP contribution in [0.15, 0.2) is 170 Å². The number of phenolic OH excluding ortho intramolecular Hbond substituents is 1. The van der Waals surface area contributed by atoms with Crippen molar-refractivity contribution in [1.82, 2.24) is 18.9 Å². The van der Waals surface area contributed by atoms with E-state index in [1.165, 1.54) is 116 Å². The maximum atomic E-state index is 12.2. The number of likely N-dealkylation sites (tertiary alicyclic amines) is 2. The molecule has 77 heavy (non-hydrogen) atoms. The Morgan fingerprint density at radius 3 is 1.35 bits per heavy atom. The predicted octanol–water partition coefficient (Wildman–Crippen LogP) is 15.8. The van der Waals surface area contributed by atoms with Crippen LogP contribution in [0.4, 0.5) is 0 Å². The molecule has 4 heterocycles. The van der Waals surface area contributed by atoms with Crippen LogP contribution >= 0.6 is 0 Å². The number of piperidine rings is 2. The maximum absolute atomic E-state index is 12.2. The number of allylic oxidation sites excluding steroid dienone is 2. The number of hydrogen-bond acceptors (Lipinski definition) is 6. The van der Waals surface area contributed by atoms with E-state index < -0.39 is 0 Å². The Labute approximate surface area is 461 Å². The number of nitrogens with zero attached hydrogens (tertiary/aromatic N) is 4. The number of carbonyl (C=O) groups excluding carboxylic acids is 1. The molecule has 0 saturated carbocycles. The number of ether oxygens (including phenoxy) is 1. The number of carbonyl (C=O) groups is 1. The van der Waals surface area contributed by atoms with Gasteiger partial charge in [0.25, 0.3) is 0 Å². The molecule has 2 aliphatic heterocycles. The average molecular weight is 1040 g/mol. The first-order valence-corrected chi connectivity index (χ1v) is 27.1. The summed E-state index contributed by atoms with van der Waals surface area (Å²) in [5.74, 6) is 0.0684. The molecule has 8 nitrogen and oxygen atoms in total. The summed E-state index contributed by atoms with van der Waals surface area (Å²) in [7, 11) is 1.46. The highest BCUT2D eigenvalue weighted by atomic mass is 16.5. The van der Waals surface area contributed by atoms with E-state index in [0.717, 1.165) is 71.6 Å². The van der Waals surface area contributed by atoms with Gasteiger partial charge in [-0.25, -0.2) is 0 Å². The Hall–Kier alpha value is -6.97. The van der Waals surface area contributed by atoms with Crippen LogP contribution in [0.1, 0.15) is 125 Å². The van der Waals surface area contributed by atoms with Crippen LogP contribution in [0.3, 0.4) is 0 Å². The van der Waals surface area contributed by atoms with Crippen molar-refractivity contribution in [2.45, 2.75) is 107 Å². The van der Waals surface area contributed by atoms with Crippen LogP contribution in [-0.2, 0) is 22.6 Å². The number of methoxy groups -OCH3 is 1. The van der Waals surface area contributed by atoms with Crippen molar-refractivity contribution in [2.75, 3.05) is 53.0 Å². The van der Waals surface area contributed by atoms with Gasteiger partial charge in [0.15, 0.2) is 0 Å². The summed E-state index contributed by atoms with van der Waals surface area (Å²) in [6.07, 6.45) is 14.9. The first kappa shape index (κ1) is 59.3. The third-order valence-electron chi connectivity index (χ3n) is 15.1. The fourth-order valence-electron chi connectivity index (χ4n) is 11.0. The van der Waals surface area contributed by atoms with E-state index in [9.17, 15) is 15.0 Å². The molecule has 2 saturated heterocycles. The van der Waals surface area contributed by atoms with Crippen LogP contribution in [0.2, 0.25) is 0 Å². The molecule has 2 fully saturated rings. The molecule has 0 radical (unpaired) electrons. The number of hydrogen-bond donors (Lipinski definition) is 2. The van der Waals surface area contributed by atoms with Crippen LogP contribution in [0.5, 0.6) is 5.75 Å². The third kappa shape index (κ3) is 15.4. The molecule has 0 atom stereocenters. The van der Waals surface area contributed by atoms with Crippen molar-refractivity contribution in [3.05, 3.63) is 209 Å². The number of esters is 1. The van der Waals surface area contributed by atoms with Gasteiger partial charge < -0.3 is 33.9 Å². The molecule has 8 heteroatoms. The first-order chi connectivity index (χ1) is 36.3. The summed E-state index contributed by atoms with van der Waals surface area (Å²) < 4.78 is 9.77. The molecule has 0 bridgehead atoms. The smallest absolute Gasteiger partial charge is 0.305 e. The maximum Gasteiger partial charge on any atom is 0.305 e. The van der Waals surface area contributed by atoms with Gasteiger partial charge >= 0.3 is 5.97 Å². The van der Waals surface area contributed by atoms with E-state index in [-0.39, 0.29) is 40.6 Å². The molecule has 406 valence electrons. The number of aliphatic hydroxyl groups excluding tert-OH is 1. The third-order valence-corrected chi connectivity index (χ3v) is 15.1. The van der Waals surface area contributed by atoms with E-state index in [2.05, 4.69) is 160 Å². The van der Waals surface area contributed by atoms with Gasteiger partial charge in [-0.3, -0.25) is 4.79 Å². The minimum atomic E-state index is -0.192. The van der Waals surface area contributed by atoms with Gasteiger partial charge in [0.2, 0.25) is 0 Å². The first-order valence-electron chi connectivity index (χ1n) is 27.1. The van der Waals surface area contributed by atoms with Crippen molar-refractivity contribution < 1.29 is 19.7 Å². The van der Waals surface area contributed by atoms with E-state index in [0.29, 0.717) is 19.3 Å². The van der Waals surface area contributed by atoms with Gasteiger partial charge in [-0.1, -0.05) is 150 Å². The molecule has 0 spiro atoms. The number of aromatic nitrogens is 2. The Morgan fingerprint density at radius 1 is 0.481 bits per heavy atom. The normalized spacial score (nSPS) is 14.5. The number of aliphatic hydroxyl groups is 1. The van der Waals surface area contributed by atoms with Crippen molar-refractivity contribution in [1.29, 1.82) is 0 Å². The Bertz CT molecular complexity index is 3120. The number of phenols is 1. The van der Waals surface area contributed by atoms with E-state index in [4.69, 9.17) is 4.74 Å². The molecule has 6 aromatic carbocycles. The summed E-state index contributed by atoms with van der Waals surface area (Å²) >= 11 is 0. The van der Waals surface area contributed by atoms with E-state index in [1.807, 2.05) is 24.3 Å². The Morgan fingerprint density at radius 2 is 0.909 bits per heavy atom. The molecule has 2 aliphatic rings. The lowest BCUT2D eigenvalue weighted by atomic mass is 9.86. The number of aromatic hydroxyl groups is 1. The molecule has 10 rings (SSSR count). The van der Waals surface area contributed by atoms with Crippen molar-refractivity contribution >= 4 is 50.1 Å². The van der Waals surface area contributed by atoms with E-state index in [1.54, 1.807) is 12.1 Å². The molecular formula is C69H86N4O4. The van der Waals surface area contributed by atoms with Gasteiger partial charge in [-0.15, -0.1) is 0 Å². The monoisotopic (exact) mass is 1030 g/mol. The summed E-state index contributed by atoms with van der Waals surface area (Å²) in [4.78, 5) is 17.4. The fraction of sp³-hybridized carbons (Fsp3) is 0.348. The largest absolute Gasteiger partial charge is 0.508 e. The lowest BCUT2D eigenvalue weighted by Gasteiger charge is -2.26. The topological polar surface area (TPSA) is 83.1 Å². The molecule has 0 aliphatic carbocycles. The molecule has 0 amide bonds. The predicted molar refractivity (Wildman–Crippen MR) is 326 cm³/mol. The number of rotatable bonds is 18. The van der Waals surface area contributed by atoms with Crippen molar-refractivity contribution in [3.8, 4) is 5.75 Å². The number of aryl methyl sites for hydroxylation is 1. The number of benzene rings is 6. The van der Waals surface area contributed by atoms with Crippen LogP contribution in [-0.4, -0.2) is 88.1 Å². The lowest BCUT2D eigenvalue weighted by molar-refractivity contribution is -0.140. The van der Waals surface area contributed by atoms with Gasteiger partial charge in [0, 0.05) is 73.4 Å². The Kier molecular flexibility index (Phi) is 22.7. The highest BCUT2D eigenvalue weighted by molar-refractivity contribution is 6.02. The van der Waals surface area contributed by atoms with Crippen LogP contribution < -0.4 is 0 Å². The summed E-state index contributed by atoms with van der Waals surface area (Å²) in [5.41, 5.74) is 15.3. The van der Waals surface area contributed by atoms with Crippen LogP contribution in [0, 0.1) is 6.92 Å². The molecule has 2 N–H and O–H groups in total. The van der Waals surface area contributed by atoms with Crippen molar-refractivity contribution in [2.24, 2.45) is 0 Å². The second kappa shape index (κ2) is 29.5. The molecule has 0 unspecified atom stereocenters. The minimum Gasteiger partial charge on any atom is -0.508 e. The Balaban J connectivity index is 0.000000240. The van der Waals surface area contributed by atoms with Gasteiger partial charge in [0.1, 0.15) is 5.75 Å². The SMILES string of the molecule is C.C.C.COC(=O)CC/C(=C(\c1ccc(C)cc1)c1ccc2c(ccn2CCN2CCCCC2)c1)c1ccccc1.OCCC/C(=C(\c1ccc(O)cc1)c1ccc2c(ccn2CCN2CCCCC2)c1)c1ccccc1. The highest BCUT2D eigenvalue weighted by Gasteiger charge is 2.19. The fourth-order valence-corrected chi connectivity index (χ4v) is 11.0. The lowest BCUT2D eigenvalue weighted by Crippen LogP contribution is -2.32. The van der Waals surface area contributed by atoms with Crippen molar-refractivity contribution in [3.63, 3.8) is 0 Å². The highest BCUT2D eigenvalue weighted by Crippen LogP contribution is 2.39. The van der Waals surface area contributed by atoms with Gasteiger partial charge in [0.05, 0.1) is 7.11 Å². The second-order valence-electron chi connectivity index (χ2n) is 20.1. The molecular weight excluding hydrogens is 949 g/mol. The molecule has 8 aromatic rings. The zero-order valence-electron chi connectivity index (χ0n) is 43.6. The van der Waals surface area contributed by atoms with E-state index >= 15 is 0 Å². The van der Waals surface area contributed by atoms with Gasteiger partial charge in [-0.2, -0.15) is 0 Å². The summed E-state index contributed by atoms with van der Waals surface area (Å²) in [6, 6.07) is 55.1. The quantitative estimate of drug-likeness (QED) is 0.0658. The van der Waals surface area contributed by atoms with Gasteiger partial charge in [-0.05, 0) is 182 Å². The molecule has 2 aromatic heterocycles. The summed E-state index contributed by atoms with van der Waals surface area (Å²) in [6.45, 7) is 11.4. The summed E-state index contributed by atoms with van der Waals surface area (Å²) in [5, 5.41) is 22.1. The standard InChI is InChI=1S/C34H38N2O2.C32H36N2O2.3CH4/c1-26-11-13-28(14-12-26)34(31(16-18-33(37)38-2)27-9-5-3-6-10-27)30-15-17-32-29(25-30)19-22-36(32)24-23-35-20-7-4-8-21-35;35-23-7-10-30(25-8-3-1-4-9-25)32(26-11-14-29(36)15-12-26)28-13-16-31-27(24-28)17-20-34(31)22-21-33-18-5-2-6-19-33;;;/h3,5-6,9-15,17,19,22,25H,4,7-8,16,18,20-21,23-24H2,1-2H3;1,3-4,8-9,11-17,20,24,35-36H,2,5-7,10,18-19,21-23H2;3*1H4/b34-31-;32-30-;;;. The minimum absolute atomic E-state index is 0.